The van der Waals surface area contributed by atoms with Crippen LogP contribution in [0.1, 0.15) is 61.8 Å². The van der Waals surface area contributed by atoms with Gasteiger partial charge in [0.2, 0.25) is 0 Å². The van der Waals surface area contributed by atoms with E-state index in [1.54, 1.807) is 0 Å². The molecule has 2 unspecified atom stereocenters. The average Bonchev–Trinajstić information content (AvgIpc) is 2.12. The summed E-state index contributed by atoms with van der Waals surface area (Å²) in [5.74, 6) is 0.210. The predicted octanol–water partition coefficient (Wildman–Crippen LogP) is 3.39. The van der Waals surface area contributed by atoms with Gasteiger partial charge < -0.3 is 14.6 Å². The molecule has 0 amide bonds. The smallest absolute Gasteiger partial charge is 0.0822 e. The van der Waals surface area contributed by atoms with Crippen molar-refractivity contribution in [1.29, 1.82) is 0 Å². The number of rotatable bonds is 7. The normalized spacial score (nSPS) is 17.0. The molecule has 0 saturated heterocycles. The maximum atomic E-state index is 9.96. The van der Waals surface area contributed by atoms with Gasteiger partial charge in [0.25, 0.3) is 0 Å². The van der Waals surface area contributed by atoms with Crippen LogP contribution in [0.2, 0.25) is 0 Å². The number of hydrogen-bond acceptors (Lipinski definition) is 3. The first-order valence-corrected chi connectivity index (χ1v) is 6.94. The minimum atomic E-state index is -0.423. The Morgan fingerprint density at radius 1 is 1.00 bits per heavy atom. The van der Waals surface area contributed by atoms with Crippen molar-refractivity contribution in [3.63, 3.8) is 0 Å². The Hall–Kier alpha value is -0.120. The molecule has 0 rings (SSSR count). The van der Waals surface area contributed by atoms with E-state index in [1.807, 2.05) is 55.4 Å². The Labute approximate surface area is 113 Å². The van der Waals surface area contributed by atoms with Gasteiger partial charge in [-0.2, -0.15) is 0 Å². The van der Waals surface area contributed by atoms with Crippen molar-refractivity contribution in [3.8, 4) is 0 Å². The Morgan fingerprint density at radius 3 is 1.89 bits per heavy atom. The maximum absolute atomic E-state index is 9.96. The third kappa shape index (κ3) is 8.06. The van der Waals surface area contributed by atoms with Gasteiger partial charge in [-0.1, -0.05) is 13.8 Å². The zero-order valence-electron chi connectivity index (χ0n) is 13.4. The van der Waals surface area contributed by atoms with Crippen molar-refractivity contribution in [2.75, 3.05) is 6.61 Å². The average molecular weight is 260 g/mol. The maximum Gasteiger partial charge on any atom is 0.0822 e. The van der Waals surface area contributed by atoms with Crippen LogP contribution in [-0.4, -0.2) is 35.1 Å². The van der Waals surface area contributed by atoms with Gasteiger partial charge in [0, 0.05) is 6.61 Å². The van der Waals surface area contributed by atoms with E-state index >= 15 is 0 Å². The Kier molecular flexibility index (Phi) is 6.83. The summed E-state index contributed by atoms with van der Waals surface area (Å²) in [6, 6.07) is 0. The highest BCUT2D eigenvalue weighted by atomic mass is 16.5. The Morgan fingerprint density at radius 2 is 1.50 bits per heavy atom. The second-order valence-corrected chi connectivity index (χ2v) is 7.03. The zero-order valence-corrected chi connectivity index (χ0v) is 13.4. The third-order valence-electron chi connectivity index (χ3n) is 2.91. The molecule has 0 aromatic heterocycles. The van der Waals surface area contributed by atoms with Crippen LogP contribution in [0.4, 0.5) is 0 Å². The molecule has 2 atom stereocenters. The molecule has 0 fully saturated rings. The van der Waals surface area contributed by atoms with Gasteiger partial charge in [0.05, 0.1) is 23.4 Å². The first-order chi connectivity index (χ1) is 7.94. The molecular weight excluding hydrogens is 228 g/mol. The molecule has 0 radical (unpaired) electrons. The van der Waals surface area contributed by atoms with Gasteiger partial charge in [-0.15, -0.1) is 0 Å². The van der Waals surface area contributed by atoms with Crippen molar-refractivity contribution in [3.05, 3.63) is 0 Å². The lowest BCUT2D eigenvalue weighted by molar-refractivity contribution is -0.134. The summed E-state index contributed by atoms with van der Waals surface area (Å²) < 4.78 is 11.7. The fourth-order valence-electron chi connectivity index (χ4n) is 1.78. The molecule has 110 valence electrons. The number of aliphatic hydroxyl groups is 1. The van der Waals surface area contributed by atoms with Crippen LogP contribution in [0.25, 0.3) is 0 Å². The molecule has 0 spiro atoms. The summed E-state index contributed by atoms with van der Waals surface area (Å²) in [7, 11) is 0. The third-order valence-corrected chi connectivity index (χ3v) is 2.91. The van der Waals surface area contributed by atoms with Crippen molar-refractivity contribution >= 4 is 0 Å². The molecule has 0 aromatic carbocycles. The highest BCUT2D eigenvalue weighted by molar-refractivity contribution is 4.75. The minimum Gasteiger partial charge on any atom is -0.390 e. The van der Waals surface area contributed by atoms with E-state index in [0.29, 0.717) is 6.61 Å². The first-order valence-electron chi connectivity index (χ1n) is 6.94. The molecule has 0 bridgehead atoms. The lowest BCUT2D eigenvalue weighted by atomic mass is 10.0. The molecule has 0 aliphatic rings. The van der Waals surface area contributed by atoms with E-state index in [9.17, 15) is 5.11 Å². The van der Waals surface area contributed by atoms with E-state index in [0.717, 1.165) is 6.42 Å². The SMILES string of the molecule is CC(C)C(O)C(C)OC(C)(C)CCOC(C)(C)C. The van der Waals surface area contributed by atoms with Crippen molar-refractivity contribution in [2.24, 2.45) is 5.92 Å². The van der Waals surface area contributed by atoms with Gasteiger partial charge in [-0.3, -0.25) is 0 Å². The fourth-order valence-corrected chi connectivity index (χ4v) is 1.78. The summed E-state index contributed by atoms with van der Waals surface area (Å²) >= 11 is 0. The fraction of sp³-hybridized carbons (Fsp3) is 1.00. The quantitative estimate of drug-likeness (QED) is 0.762. The van der Waals surface area contributed by atoms with Crippen molar-refractivity contribution in [1.82, 2.24) is 0 Å². The van der Waals surface area contributed by atoms with E-state index < -0.39 is 6.10 Å². The monoisotopic (exact) mass is 260 g/mol. The lowest BCUT2D eigenvalue weighted by Gasteiger charge is -2.33. The summed E-state index contributed by atoms with van der Waals surface area (Å²) in [5.41, 5.74) is -0.389. The molecule has 1 N–H and O–H groups in total. The molecule has 0 heterocycles. The zero-order chi connectivity index (χ0) is 14.6. The standard InChI is InChI=1S/C15H32O3/c1-11(2)13(16)12(3)18-15(7,8)9-10-17-14(4,5)6/h11-13,16H,9-10H2,1-8H3. The van der Waals surface area contributed by atoms with Crippen LogP contribution in [0.15, 0.2) is 0 Å². The van der Waals surface area contributed by atoms with E-state index in [4.69, 9.17) is 9.47 Å². The second kappa shape index (κ2) is 6.88. The lowest BCUT2D eigenvalue weighted by Crippen LogP contribution is -2.39. The van der Waals surface area contributed by atoms with Gasteiger partial charge in [0.1, 0.15) is 0 Å². The van der Waals surface area contributed by atoms with Crippen LogP contribution in [0, 0.1) is 5.92 Å². The number of hydrogen-bond donors (Lipinski definition) is 1. The van der Waals surface area contributed by atoms with E-state index in [2.05, 4.69) is 0 Å². The number of ether oxygens (including phenoxy) is 2. The van der Waals surface area contributed by atoms with Crippen LogP contribution in [0.3, 0.4) is 0 Å². The predicted molar refractivity (Wildman–Crippen MR) is 75.8 cm³/mol. The van der Waals surface area contributed by atoms with Gasteiger partial charge in [-0.05, 0) is 53.9 Å². The topological polar surface area (TPSA) is 38.7 Å². The first kappa shape index (κ1) is 17.9. The summed E-state index contributed by atoms with van der Waals surface area (Å²) in [6.07, 6.45) is 0.238. The van der Waals surface area contributed by atoms with Crippen LogP contribution < -0.4 is 0 Å². The minimum absolute atomic E-state index is 0.112. The van der Waals surface area contributed by atoms with Crippen LogP contribution >= 0.6 is 0 Å². The second-order valence-electron chi connectivity index (χ2n) is 7.03. The molecule has 0 aliphatic heterocycles. The highest BCUT2D eigenvalue weighted by Crippen LogP contribution is 2.21. The summed E-state index contributed by atoms with van der Waals surface area (Å²) in [6.45, 7) is 16.8. The molecular formula is C15H32O3. The van der Waals surface area contributed by atoms with E-state index in [-0.39, 0.29) is 23.2 Å². The van der Waals surface area contributed by atoms with Gasteiger partial charge >= 0.3 is 0 Å². The molecule has 0 aliphatic carbocycles. The van der Waals surface area contributed by atoms with Gasteiger partial charge in [0.15, 0.2) is 0 Å². The molecule has 3 nitrogen and oxygen atoms in total. The molecule has 0 aromatic rings. The van der Waals surface area contributed by atoms with Crippen LogP contribution in [-0.2, 0) is 9.47 Å². The van der Waals surface area contributed by atoms with Crippen molar-refractivity contribution in [2.45, 2.75) is 85.2 Å². The van der Waals surface area contributed by atoms with Crippen molar-refractivity contribution < 1.29 is 14.6 Å². The Bertz CT molecular complexity index is 228. The summed E-state index contributed by atoms with van der Waals surface area (Å²) in [5, 5.41) is 9.96. The van der Waals surface area contributed by atoms with Gasteiger partial charge in [-0.25, -0.2) is 0 Å². The molecule has 18 heavy (non-hydrogen) atoms. The Balaban J connectivity index is 4.14. The molecule has 0 saturated carbocycles. The van der Waals surface area contributed by atoms with Crippen LogP contribution in [0.5, 0.6) is 0 Å². The highest BCUT2D eigenvalue weighted by Gasteiger charge is 2.27. The summed E-state index contributed by atoms with van der Waals surface area (Å²) in [4.78, 5) is 0. The number of aliphatic hydroxyl groups excluding tert-OH is 1. The molecule has 3 heteroatoms. The largest absolute Gasteiger partial charge is 0.390 e. The van der Waals surface area contributed by atoms with E-state index in [1.165, 1.54) is 0 Å².